The lowest BCUT2D eigenvalue weighted by molar-refractivity contribution is -0.134. The van der Waals surface area contributed by atoms with E-state index in [-0.39, 0.29) is 35.5 Å². The van der Waals surface area contributed by atoms with Crippen molar-refractivity contribution in [3.63, 3.8) is 0 Å². The van der Waals surface area contributed by atoms with E-state index in [0.717, 1.165) is 30.4 Å². The molecular weight excluding hydrogens is 455 g/mol. The Morgan fingerprint density at radius 1 is 1.00 bits per heavy atom. The summed E-state index contributed by atoms with van der Waals surface area (Å²) in [6.07, 6.45) is 3.11. The summed E-state index contributed by atoms with van der Waals surface area (Å²) in [5.74, 6) is -0.0426. The zero-order valence-electron chi connectivity index (χ0n) is 16.8. The molecule has 31 heavy (non-hydrogen) atoms. The van der Waals surface area contributed by atoms with Crippen LogP contribution >= 0.6 is 34.8 Å². The monoisotopic (exact) mass is 476 g/mol. The van der Waals surface area contributed by atoms with Gasteiger partial charge in [-0.05, 0) is 72.9 Å². The van der Waals surface area contributed by atoms with E-state index >= 15 is 0 Å². The summed E-state index contributed by atoms with van der Waals surface area (Å²) in [5.41, 5.74) is 1.22. The standard InChI is InChI=1S/C24H23Cl3N2O2/c25-15-5-3-13(4-6-15)21-18(17-8-7-16(26)11-20(17)27)9-10-24(19(21)12-28-23(24)31)29-22(30)14-1-2-14/h3-8,11,14,18-19,21H,1-2,9-10,12H2,(H,28,31)(H,29,30)/t18-,19-,21-,24-/m0/s1. The molecule has 0 spiro atoms. The molecule has 2 saturated carbocycles. The first kappa shape index (κ1) is 21.1. The molecule has 0 radical (unpaired) electrons. The van der Waals surface area contributed by atoms with Crippen molar-refractivity contribution in [2.24, 2.45) is 11.8 Å². The first-order valence-electron chi connectivity index (χ1n) is 10.7. The number of hydrogen-bond acceptors (Lipinski definition) is 2. The largest absolute Gasteiger partial charge is 0.354 e. The lowest BCUT2D eigenvalue weighted by Gasteiger charge is -2.47. The second-order valence-electron chi connectivity index (χ2n) is 8.94. The van der Waals surface area contributed by atoms with E-state index in [4.69, 9.17) is 34.8 Å². The van der Waals surface area contributed by atoms with E-state index in [0.29, 0.717) is 28.0 Å². The van der Waals surface area contributed by atoms with Crippen molar-refractivity contribution in [1.29, 1.82) is 0 Å². The van der Waals surface area contributed by atoms with Crippen molar-refractivity contribution in [2.75, 3.05) is 6.54 Å². The van der Waals surface area contributed by atoms with Crippen LogP contribution in [0.25, 0.3) is 0 Å². The predicted molar refractivity (Wildman–Crippen MR) is 123 cm³/mol. The molecule has 1 heterocycles. The molecule has 2 aromatic carbocycles. The van der Waals surface area contributed by atoms with Gasteiger partial charge in [-0.25, -0.2) is 0 Å². The SMILES string of the molecule is O=C(N[C@@]12CC[C@@H](c3ccc(Cl)cc3Cl)[C@H](c3ccc(Cl)cc3)[C@@H]1CNC2=O)C1CC1. The molecule has 162 valence electrons. The molecule has 3 aliphatic rings. The van der Waals surface area contributed by atoms with E-state index in [1.54, 1.807) is 6.07 Å². The third-order valence-electron chi connectivity index (χ3n) is 7.15. The molecule has 0 aromatic heterocycles. The van der Waals surface area contributed by atoms with Crippen LogP contribution in [0.4, 0.5) is 0 Å². The fraction of sp³-hybridized carbons (Fsp3) is 0.417. The molecule has 3 fully saturated rings. The van der Waals surface area contributed by atoms with Gasteiger partial charge >= 0.3 is 0 Å². The van der Waals surface area contributed by atoms with E-state index in [2.05, 4.69) is 10.6 Å². The number of fused-ring (bicyclic) bond motifs is 1. The average molecular weight is 478 g/mol. The van der Waals surface area contributed by atoms with Crippen LogP contribution in [0, 0.1) is 11.8 Å². The second-order valence-corrected chi connectivity index (χ2v) is 10.2. The number of hydrogen-bond donors (Lipinski definition) is 2. The van der Waals surface area contributed by atoms with Crippen LogP contribution in [-0.4, -0.2) is 23.9 Å². The minimum absolute atomic E-state index is 0.000110. The van der Waals surface area contributed by atoms with Crippen LogP contribution in [0.15, 0.2) is 42.5 Å². The molecule has 1 aliphatic heterocycles. The molecule has 5 rings (SSSR count). The maximum absolute atomic E-state index is 13.1. The first-order chi connectivity index (χ1) is 14.9. The summed E-state index contributed by atoms with van der Waals surface area (Å²) >= 11 is 18.9. The van der Waals surface area contributed by atoms with Gasteiger partial charge in [0.05, 0.1) is 0 Å². The summed E-state index contributed by atoms with van der Waals surface area (Å²) < 4.78 is 0. The molecule has 4 nitrogen and oxygen atoms in total. The van der Waals surface area contributed by atoms with Gasteiger partial charge in [0.25, 0.3) is 0 Å². The number of benzene rings is 2. The number of nitrogens with one attached hydrogen (secondary N) is 2. The number of rotatable bonds is 4. The third kappa shape index (κ3) is 3.73. The summed E-state index contributed by atoms with van der Waals surface area (Å²) in [6, 6.07) is 13.4. The quantitative estimate of drug-likeness (QED) is 0.626. The summed E-state index contributed by atoms with van der Waals surface area (Å²) in [5, 5.41) is 8.11. The first-order valence-corrected chi connectivity index (χ1v) is 11.8. The Morgan fingerprint density at radius 3 is 2.39 bits per heavy atom. The molecule has 2 aromatic rings. The molecular formula is C24H23Cl3N2O2. The minimum Gasteiger partial charge on any atom is -0.354 e. The van der Waals surface area contributed by atoms with Crippen molar-refractivity contribution in [3.05, 3.63) is 68.7 Å². The molecule has 2 aliphatic carbocycles. The second kappa shape index (κ2) is 7.99. The topological polar surface area (TPSA) is 58.2 Å². The van der Waals surface area contributed by atoms with E-state index < -0.39 is 5.54 Å². The van der Waals surface area contributed by atoms with Crippen molar-refractivity contribution in [2.45, 2.75) is 43.1 Å². The molecule has 1 saturated heterocycles. The van der Waals surface area contributed by atoms with Gasteiger partial charge in [0.1, 0.15) is 5.54 Å². The van der Waals surface area contributed by atoms with Crippen LogP contribution < -0.4 is 10.6 Å². The molecule has 4 atom stereocenters. The Hall–Kier alpha value is -1.75. The highest BCUT2D eigenvalue weighted by Crippen LogP contribution is 2.54. The van der Waals surface area contributed by atoms with E-state index in [1.165, 1.54) is 0 Å². The Bertz CT molecular complexity index is 1040. The zero-order chi connectivity index (χ0) is 21.8. The highest BCUT2D eigenvalue weighted by atomic mass is 35.5. The molecule has 2 amide bonds. The van der Waals surface area contributed by atoms with E-state index in [9.17, 15) is 9.59 Å². The van der Waals surface area contributed by atoms with E-state index in [1.807, 2.05) is 36.4 Å². The van der Waals surface area contributed by atoms with Crippen LogP contribution in [-0.2, 0) is 9.59 Å². The fourth-order valence-corrected chi connectivity index (χ4v) is 6.13. The van der Waals surface area contributed by atoms with Crippen LogP contribution in [0.2, 0.25) is 15.1 Å². The summed E-state index contributed by atoms with van der Waals surface area (Å²) in [4.78, 5) is 25.8. The summed E-state index contributed by atoms with van der Waals surface area (Å²) in [7, 11) is 0. The average Bonchev–Trinajstić information content (AvgIpc) is 3.54. The van der Waals surface area contributed by atoms with Crippen molar-refractivity contribution in [1.82, 2.24) is 10.6 Å². The molecule has 2 N–H and O–H groups in total. The Balaban J connectivity index is 1.59. The van der Waals surface area contributed by atoms with Crippen molar-refractivity contribution >= 4 is 46.6 Å². The van der Waals surface area contributed by atoms with Gasteiger partial charge in [-0.3, -0.25) is 9.59 Å². The maximum Gasteiger partial charge on any atom is 0.246 e. The number of carbonyl (C=O) groups is 2. The Kier molecular flexibility index (Phi) is 5.44. The Labute approximate surface area is 196 Å². The number of amides is 2. The molecule has 0 unspecified atom stereocenters. The zero-order valence-corrected chi connectivity index (χ0v) is 19.1. The highest BCUT2D eigenvalue weighted by molar-refractivity contribution is 6.35. The van der Waals surface area contributed by atoms with Gasteiger partial charge in [-0.2, -0.15) is 0 Å². The van der Waals surface area contributed by atoms with Gasteiger partial charge < -0.3 is 10.6 Å². The van der Waals surface area contributed by atoms with Crippen LogP contribution in [0.1, 0.15) is 48.6 Å². The van der Waals surface area contributed by atoms with Gasteiger partial charge in [0.15, 0.2) is 0 Å². The number of halogens is 3. The third-order valence-corrected chi connectivity index (χ3v) is 7.96. The number of carbonyl (C=O) groups excluding carboxylic acids is 2. The fourth-order valence-electron chi connectivity index (χ4n) is 5.46. The van der Waals surface area contributed by atoms with Gasteiger partial charge in [-0.15, -0.1) is 0 Å². The predicted octanol–water partition coefficient (Wildman–Crippen LogP) is 5.32. The minimum atomic E-state index is -0.890. The Morgan fingerprint density at radius 2 is 1.71 bits per heavy atom. The van der Waals surface area contributed by atoms with Crippen molar-refractivity contribution < 1.29 is 9.59 Å². The normalized spacial score (nSPS) is 29.9. The van der Waals surface area contributed by atoms with Gasteiger partial charge in [-0.1, -0.05) is 53.0 Å². The smallest absolute Gasteiger partial charge is 0.246 e. The van der Waals surface area contributed by atoms with Crippen LogP contribution in [0.3, 0.4) is 0 Å². The van der Waals surface area contributed by atoms with Crippen molar-refractivity contribution in [3.8, 4) is 0 Å². The molecule has 0 bridgehead atoms. The lowest BCUT2D eigenvalue weighted by Crippen LogP contribution is -2.61. The van der Waals surface area contributed by atoms with Gasteiger partial charge in [0, 0.05) is 33.4 Å². The van der Waals surface area contributed by atoms with Crippen LogP contribution in [0.5, 0.6) is 0 Å². The summed E-state index contributed by atoms with van der Waals surface area (Å²) in [6.45, 7) is 0.513. The maximum atomic E-state index is 13.1. The lowest BCUT2D eigenvalue weighted by atomic mass is 9.60. The molecule has 7 heteroatoms. The highest BCUT2D eigenvalue weighted by Gasteiger charge is 2.59. The van der Waals surface area contributed by atoms with Gasteiger partial charge in [0.2, 0.25) is 11.8 Å².